The lowest BCUT2D eigenvalue weighted by Crippen LogP contribution is -1.86. The van der Waals surface area contributed by atoms with Crippen molar-refractivity contribution in [1.29, 1.82) is 0 Å². The van der Waals surface area contributed by atoms with Crippen molar-refractivity contribution in [2.75, 3.05) is 0 Å². The Labute approximate surface area is 222 Å². The molecule has 4 rings (SSSR count). The molecule has 0 bridgehead atoms. The zero-order valence-electron chi connectivity index (χ0n) is 24.9. The van der Waals surface area contributed by atoms with Gasteiger partial charge in [0.05, 0.1) is 0 Å². The van der Waals surface area contributed by atoms with Crippen LogP contribution in [-0.2, 0) is 0 Å². The Balaban J connectivity index is 0.000000241. The molecule has 0 heterocycles. The minimum Gasteiger partial charge on any atom is -0.0591 e. The third kappa shape index (κ3) is 11.5. The fourth-order valence-corrected chi connectivity index (χ4v) is 3.67. The predicted molar refractivity (Wildman–Crippen MR) is 163 cm³/mol. The normalized spacial score (nSPS) is 9.67. The van der Waals surface area contributed by atoms with E-state index in [9.17, 15) is 0 Å². The third-order valence-electron chi connectivity index (χ3n) is 6.61. The second-order valence-corrected chi connectivity index (χ2v) is 10.4. The van der Waals surface area contributed by atoms with Gasteiger partial charge >= 0.3 is 0 Å². The molecule has 0 aliphatic heterocycles. The van der Waals surface area contributed by atoms with Crippen molar-refractivity contribution in [2.45, 2.75) is 83.1 Å². The van der Waals surface area contributed by atoms with Crippen molar-refractivity contribution in [1.82, 2.24) is 0 Å². The SMILES string of the molecule is Cc1cc(C)c(C)c(C)c1.Cc1ccc(C)c(C)c1.Cc1ccc(C)c(C)c1.Cc1ccc(C)cc1. The van der Waals surface area contributed by atoms with E-state index in [-0.39, 0.29) is 0 Å². The highest BCUT2D eigenvalue weighted by molar-refractivity contribution is 5.36. The molecule has 36 heavy (non-hydrogen) atoms. The quantitative estimate of drug-likeness (QED) is 0.235. The molecule has 0 atom stereocenters. The molecule has 192 valence electrons. The first-order valence-corrected chi connectivity index (χ1v) is 13.0. The van der Waals surface area contributed by atoms with Crippen molar-refractivity contribution in [3.63, 3.8) is 0 Å². The standard InChI is InChI=1S/C10H14.2C9H12.C8H10/c1-7-5-8(2)10(4)9(3)6-7;2*1-7-4-5-8(2)9(3)6-7;1-7-3-5-8(2)6-4-7/h5-6H,1-4H3;2*4-6H,1-3H3;3-6H,1-2H3. The molecule has 4 aromatic rings. The molecule has 0 heteroatoms. The number of aryl methyl sites for hydroxylation is 11. The van der Waals surface area contributed by atoms with Crippen LogP contribution >= 0.6 is 0 Å². The van der Waals surface area contributed by atoms with Crippen LogP contribution in [0.3, 0.4) is 0 Å². The summed E-state index contributed by atoms with van der Waals surface area (Å²) in [5.41, 5.74) is 16.5. The summed E-state index contributed by atoms with van der Waals surface area (Å²) in [5, 5.41) is 0. The van der Waals surface area contributed by atoms with Crippen molar-refractivity contribution in [3.8, 4) is 0 Å². The minimum atomic E-state index is 1.33. The molecule has 0 fully saturated rings. The van der Waals surface area contributed by atoms with E-state index in [1.54, 1.807) is 0 Å². The van der Waals surface area contributed by atoms with Gasteiger partial charge in [-0.05, 0) is 122 Å². The highest BCUT2D eigenvalue weighted by atomic mass is 14.0. The van der Waals surface area contributed by atoms with Crippen molar-refractivity contribution in [3.05, 3.63) is 140 Å². The van der Waals surface area contributed by atoms with E-state index in [1.165, 1.54) is 66.8 Å². The fraction of sp³-hybridized carbons (Fsp3) is 0.333. The van der Waals surface area contributed by atoms with E-state index in [1.807, 2.05) is 0 Å². The summed E-state index contributed by atoms with van der Waals surface area (Å²) in [6, 6.07) is 25.9. The van der Waals surface area contributed by atoms with Gasteiger partial charge in [0, 0.05) is 0 Å². The lowest BCUT2D eigenvalue weighted by atomic mass is 10.0. The molecule has 0 unspecified atom stereocenters. The fourth-order valence-electron chi connectivity index (χ4n) is 3.67. The van der Waals surface area contributed by atoms with Crippen LogP contribution in [0.15, 0.2) is 72.8 Å². The smallest absolute Gasteiger partial charge is 0.0392 e. The lowest BCUT2D eigenvalue weighted by Gasteiger charge is -2.04. The van der Waals surface area contributed by atoms with Gasteiger partial charge in [-0.1, -0.05) is 101 Å². The Morgan fingerprint density at radius 2 is 0.528 bits per heavy atom. The molecule has 0 aliphatic carbocycles. The molecule has 0 saturated carbocycles. The second-order valence-electron chi connectivity index (χ2n) is 10.4. The van der Waals surface area contributed by atoms with Gasteiger partial charge in [0.1, 0.15) is 0 Å². The average molecular weight is 481 g/mol. The van der Waals surface area contributed by atoms with E-state index in [0.717, 1.165) is 0 Å². The zero-order chi connectivity index (χ0) is 27.4. The summed E-state index contributed by atoms with van der Waals surface area (Å²) in [6.07, 6.45) is 0. The molecule has 0 N–H and O–H groups in total. The number of rotatable bonds is 0. The van der Waals surface area contributed by atoms with Crippen LogP contribution in [0.1, 0.15) is 66.8 Å². The maximum Gasteiger partial charge on any atom is -0.0392 e. The molecule has 0 nitrogen and oxygen atoms in total. The summed E-state index contributed by atoms with van der Waals surface area (Å²) < 4.78 is 0. The Hall–Kier alpha value is -3.12. The first kappa shape index (κ1) is 30.9. The Bertz CT molecular complexity index is 1130. The van der Waals surface area contributed by atoms with Crippen molar-refractivity contribution < 1.29 is 0 Å². The molecule has 4 aromatic carbocycles. The van der Waals surface area contributed by atoms with Crippen LogP contribution in [0.4, 0.5) is 0 Å². The minimum absolute atomic E-state index is 1.33. The largest absolute Gasteiger partial charge is 0.0591 e. The Morgan fingerprint density at radius 1 is 0.250 bits per heavy atom. The van der Waals surface area contributed by atoms with E-state index in [0.29, 0.717) is 0 Å². The van der Waals surface area contributed by atoms with Crippen molar-refractivity contribution in [2.24, 2.45) is 0 Å². The summed E-state index contributed by atoms with van der Waals surface area (Å²) in [4.78, 5) is 0. The van der Waals surface area contributed by atoms with Gasteiger partial charge in [-0.25, -0.2) is 0 Å². The number of benzene rings is 4. The molecule has 0 saturated heterocycles. The Kier molecular flexibility index (Phi) is 13.0. The van der Waals surface area contributed by atoms with Gasteiger partial charge in [0.2, 0.25) is 0 Å². The molecule has 0 aliphatic rings. The summed E-state index contributed by atoms with van der Waals surface area (Å²) in [7, 11) is 0. The third-order valence-corrected chi connectivity index (χ3v) is 6.61. The maximum absolute atomic E-state index is 2.22. The number of hydrogen-bond acceptors (Lipinski definition) is 0. The first-order valence-electron chi connectivity index (χ1n) is 13.0. The van der Waals surface area contributed by atoms with E-state index < -0.39 is 0 Å². The van der Waals surface area contributed by atoms with E-state index in [4.69, 9.17) is 0 Å². The van der Waals surface area contributed by atoms with Crippen LogP contribution in [0.5, 0.6) is 0 Å². The van der Waals surface area contributed by atoms with Gasteiger partial charge < -0.3 is 0 Å². The van der Waals surface area contributed by atoms with Crippen LogP contribution in [0, 0.1) is 83.1 Å². The van der Waals surface area contributed by atoms with Gasteiger partial charge in [0.15, 0.2) is 0 Å². The van der Waals surface area contributed by atoms with Crippen LogP contribution in [-0.4, -0.2) is 0 Å². The second kappa shape index (κ2) is 15.1. The summed E-state index contributed by atoms with van der Waals surface area (Å²) in [6.45, 7) is 25.6. The van der Waals surface area contributed by atoms with Gasteiger partial charge in [-0.2, -0.15) is 0 Å². The molecule has 0 spiro atoms. The number of hydrogen-bond donors (Lipinski definition) is 0. The molecular formula is C36H48. The molecular weight excluding hydrogens is 432 g/mol. The van der Waals surface area contributed by atoms with E-state index >= 15 is 0 Å². The maximum atomic E-state index is 2.22. The molecule has 0 amide bonds. The van der Waals surface area contributed by atoms with Gasteiger partial charge in [-0.15, -0.1) is 0 Å². The highest BCUT2D eigenvalue weighted by Gasteiger charge is 1.96. The van der Waals surface area contributed by atoms with E-state index in [2.05, 4.69) is 156 Å². The lowest BCUT2D eigenvalue weighted by molar-refractivity contribution is 1.23. The van der Waals surface area contributed by atoms with Crippen LogP contribution in [0.2, 0.25) is 0 Å². The topological polar surface area (TPSA) is 0 Å². The Morgan fingerprint density at radius 3 is 0.806 bits per heavy atom. The van der Waals surface area contributed by atoms with Crippen LogP contribution < -0.4 is 0 Å². The van der Waals surface area contributed by atoms with Crippen molar-refractivity contribution >= 4 is 0 Å². The van der Waals surface area contributed by atoms with Gasteiger partial charge in [0.25, 0.3) is 0 Å². The first-order chi connectivity index (χ1) is 16.8. The van der Waals surface area contributed by atoms with Gasteiger partial charge in [-0.3, -0.25) is 0 Å². The zero-order valence-corrected chi connectivity index (χ0v) is 24.9. The summed E-state index contributed by atoms with van der Waals surface area (Å²) in [5.74, 6) is 0. The molecule has 0 aromatic heterocycles. The van der Waals surface area contributed by atoms with Crippen LogP contribution in [0.25, 0.3) is 0 Å². The monoisotopic (exact) mass is 480 g/mol. The molecule has 0 radical (unpaired) electrons. The average Bonchev–Trinajstić information content (AvgIpc) is 2.81. The summed E-state index contributed by atoms with van der Waals surface area (Å²) >= 11 is 0. The predicted octanol–water partition coefficient (Wildman–Crippen LogP) is 10.4. The highest BCUT2D eigenvalue weighted by Crippen LogP contribution is 2.14.